The molecule has 0 spiro atoms. The minimum absolute atomic E-state index is 0.152. The van der Waals surface area contributed by atoms with Crippen LogP contribution >= 0.6 is 11.6 Å². The summed E-state index contributed by atoms with van der Waals surface area (Å²) in [5.74, 6) is 0.703. The van der Waals surface area contributed by atoms with Gasteiger partial charge in [0.25, 0.3) is 6.02 Å². The third kappa shape index (κ3) is 5.78. The van der Waals surface area contributed by atoms with Gasteiger partial charge in [0, 0.05) is 37.1 Å². The fraction of sp³-hybridized carbons (Fsp3) is 0.240. The molecular weight excluding hydrogens is 410 g/mol. The van der Waals surface area contributed by atoms with Crippen LogP contribution in [0, 0.1) is 6.92 Å². The van der Waals surface area contributed by atoms with Crippen molar-refractivity contribution < 1.29 is 9.84 Å². The summed E-state index contributed by atoms with van der Waals surface area (Å²) in [4.78, 5) is 6.31. The lowest BCUT2D eigenvalue weighted by molar-refractivity contribution is 0.303. The van der Waals surface area contributed by atoms with E-state index in [-0.39, 0.29) is 6.61 Å². The summed E-state index contributed by atoms with van der Waals surface area (Å²) in [5.41, 5.74) is 5.44. The fourth-order valence-electron chi connectivity index (χ4n) is 3.48. The van der Waals surface area contributed by atoms with Gasteiger partial charge in [0.1, 0.15) is 5.75 Å². The summed E-state index contributed by atoms with van der Waals surface area (Å²) in [5, 5.41) is 12.8. The van der Waals surface area contributed by atoms with Gasteiger partial charge in [0.05, 0.1) is 6.61 Å². The number of benzene rings is 2. The lowest BCUT2D eigenvalue weighted by Crippen LogP contribution is -2.23. The fourth-order valence-corrected chi connectivity index (χ4v) is 3.73. The van der Waals surface area contributed by atoms with E-state index in [1.807, 2.05) is 37.3 Å². The van der Waals surface area contributed by atoms with Crippen molar-refractivity contribution in [1.82, 2.24) is 5.32 Å². The number of β-amino-alcohol motifs (C(OH)–C–C–N with tert-alkyl or cyclic N) is 1. The van der Waals surface area contributed by atoms with E-state index in [0.29, 0.717) is 23.3 Å². The van der Waals surface area contributed by atoms with Gasteiger partial charge < -0.3 is 20.1 Å². The Hall–Kier alpha value is -3.02. The Kier molecular flexibility index (Phi) is 7.93. The maximum Gasteiger partial charge on any atom is 0.294 e. The first-order chi connectivity index (χ1) is 15.0. The van der Waals surface area contributed by atoms with E-state index in [2.05, 4.69) is 33.9 Å². The van der Waals surface area contributed by atoms with E-state index in [1.54, 1.807) is 25.4 Å². The number of aliphatic imine (C=N–C) groups is 1. The second-order valence-corrected chi connectivity index (χ2v) is 7.60. The first-order valence-electron chi connectivity index (χ1n) is 10.2. The normalized spacial score (nSPS) is 14.5. The number of ether oxygens (including phenoxy) is 1. The second kappa shape index (κ2) is 10.8. The smallest absolute Gasteiger partial charge is 0.294 e. The minimum atomic E-state index is 0.152. The average Bonchev–Trinajstić information content (AvgIpc) is 3.17. The van der Waals surface area contributed by atoms with E-state index in [9.17, 15) is 5.11 Å². The number of rotatable bonds is 7. The highest BCUT2D eigenvalue weighted by atomic mass is 35.5. The number of halogens is 1. The molecule has 0 amide bonds. The van der Waals surface area contributed by atoms with Crippen molar-refractivity contribution in [2.24, 2.45) is 4.99 Å². The number of aryl methyl sites for hydroxylation is 1. The van der Waals surface area contributed by atoms with Gasteiger partial charge in [-0.1, -0.05) is 48.0 Å². The third-order valence-electron chi connectivity index (χ3n) is 5.09. The highest BCUT2D eigenvalue weighted by Gasteiger charge is 2.19. The monoisotopic (exact) mass is 437 g/mol. The molecule has 2 aromatic rings. The number of fused-ring (bicyclic) bond motifs is 1. The molecule has 5 nitrogen and oxygen atoms in total. The van der Waals surface area contributed by atoms with Crippen LogP contribution in [0.15, 0.2) is 77.4 Å². The Labute approximate surface area is 189 Å². The molecule has 0 bridgehead atoms. The molecule has 0 atom stereocenters. The highest BCUT2D eigenvalue weighted by molar-refractivity contribution is 6.34. The molecule has 2 N–H and O–H groups in total. The second-order valence-electron chi connectivity index (χ2n) is 7.19. The highest BCUT2D eigenvalue weighted by Crippen LogP contribution is 2.32. The Morgan fingerprint density at radius 1 is 1.29 bits per heavy atom. The largest absolute Gasteiger partial charge is 0.426 e. The number of hydrogen-bond acceptors (Lipinski definition) is 4. The topological polar surface area (TPSA) is 57.1 Å². The average molecular weight is 438 g/mol. The third-order valence-corrected chi connectivity index (χ3v) is 5.42. The lowest BCUT2D eigenvalue weighted by atomic mass is 10.0. The van der Waals surface area contributed by atoms with Crippen molar-refractivity contribution in [3.8, 4) is 5.75 Å². The van der Waals surface area contributed by atoms with Crippen molar-refractivity contribution in [3.63, 3.8) is 0 Å². The maximum absolute atomic E-state index is 9.23. The first-order valence-corrected chi connectivity index (χ1v) is 10.6. The summed E-state index contributed by atoms with van der Waals surface area (Å²) in [6.07, 6.45) is 6.16. The van der Waals surface area contributed by atoms with E-state index in [0.717, 1.165) is 29.7 Å². The van der Waals surface area contributed by atoms with Crippen LogP contribution in [-0.4, -0.2) is 37.9 Å². The molecule has 0 aromatic heterocycles. The van der Waals surface area contributed by atoms with Crippen molar-refractivity contribution in [2.75, 3.05) is 31.6 Å². The van der Waals surface area contributed by atoms with Gasteiger partial charge in [-0.15, -0.1) is 0 Å². The molecule has 0 unspecified atom stereocenters. The van der Waals surface area contributed by atoms with E-state index in [1.165, 1.54) is 11.3 Å². The Morgan fingerprint density at radius 3 is 2.74 bits per heavy atom. The molecule has 162 valence electrons. The Balaban J connectivity index is 1.71. The van der Waals surface area contributed by atoms with Crippen molar-refractivity contribution in [3.05, 3.63) is 89.1 Å². The molecule has 1 heterocycles. The number of hydrogen-bond donors (Lipinski definition) is 2. The van der Waals surface area contributed by atoms with Crippen LogP contribution in [0.3, 0.4) is 0 Å². The van der Waals surface area contributed by atoms with E-state index >= 15 is 0 Å². The summed E-state index contributed by atoms with van der Waals surface area (Å²) in [6, 6.07) is 14.4. The van der Waals surface area contributed by atoms with Crippen LogP contribution in [0.2, 0.25) is 0 Å². The Bertz CT molecular complexity index is 1010. The standard InChI is InChI=1S/C25H28ClN3O2/c1-4-22(19-7-10-24-20(17-19)12-14-29(24)15-16-30)23(26)11-13-28-25(27-3)31-21-8-5-18(2)6-9-21/h4-11,13,17,30H,1,12,14-16H2,2-3H3,(H,27,28)/b13-11+,23-22-. The number of nitrogens with zero attached hydrogens (tertiary/aromatic N) is 2. The molecular formula is C25H28ClN3O2. The van der Waals surface area contributed by atoms with Crippen LogP contribution in [0.4, 0.5) is 5.69 Å². The van der Waals surface area contributed by atoms with Crippen molar-refractivity contribution in [1.29, 1.82) is 0 Å². The maximum atomic E-state index is 9.23. The molecule has 2 aromatic carbocycles. The van der Waals surface area contributed by atoms with Gasteiger partial charge in [-0.05, 0) is 60.4 Å². The van der Waals surface area contributed by atoms with Gasteiger partial charge in [-0.3, -0.25) is 0 Å². The van der Waals surface area contributed by atoms with E-state index < -0.39 is 0 Å². The number of anilines is 1. The van der Waals surface area contributed by atoms with Gasteiger partial charge in [-0.25, -0.2) is 4.99 Å². The molecule has 0 saturated carbocycles. The zero-order valence-corrected chi connectivity index (χ0v) is 18.7. The predicted octanol–water partition coefficient (Wildman–Crippen LogP) is 4.65. The van der Waals surface area contributed by atoms with E-state index in [4.69, 9.17) is 16.3 Å². The molecule has 0 radical (unpaired) electrons. The molecule has 31 heavy (non-hydrogen) atoms. The van der Waals surface area contributed by atoms with Gasteiger partial charge in [0.2, 0.25) is 0 Å². The molecule has 1 aliphatic heterocycles. The quantitative estimate of drug-likeness (QED) is 0.376. The number of nitrogens with one attached hydrogen (secondary N) is 1. The number of aliphatic hydroxyl groups excluding tert-OH is 1. The van der Waals surface area contributed by atoms with Crippen LogP contribution in [0.1, 0.15) is 16.7 Å². The van der Waals surface area contributed by atoms with Crippen LogP contribution in [0.25, 0.3) is 5.57 Å². The van der Waals surface area contributed by atoms with Gasteiger partial charge in [0.15, 0.2) is 0 Å². The summed E-state index contributed by atoms with van der Waals surface area (Å²) < 4.78 is 5.74. The lowest BCUT2D eigenvalue weighted by Gasteiger charge is -2.18. The van der Waals surface area contributed by atoms with Crippen LogP contribution in [0.5, 0.6) is 5.75 Å². The minimum Gasteiger partial charge on any atom is -0.426 e. The van der Waals surface area contributed by atoms with Crippen molar-refractivity contribution >= 4 is 28.9 Å². The van der Waals surface area contributed by atoms with Gasteiger partial charge in [-0.2, -0.15) is 0 Å². The summed E-state index contributed by atoms with van der Waals surface area (Å²) >= 11 is 6.57. The Morgan fingerprint density at radius 2 is 2.06 bits per heavy atom. The number of amidine groups is 1. The SMILES string of the molecule is C=C/C(=C(Cl)\C=C\NC(=NC)Oc1ccc(C)cc1)c1ccc2c(c1)CCN2CCO. The van der Waals surface area contributed by atoms with Crippen LogP contribution in [-0.2, 0) is 6.42 Å². The number of aliphatic hydroxyl groups is 1. The zero-order valence-electron chi connectivity index (χ0n) is 17.9. The molecule has 3 rings (SSSR count). The van der Waals surface area contributed by atoms with Crippen LogP contribution < -0.4 is 15.0 Å². The molecule has 6 heteroatoms. The zero-order chi connectivity index (χ0) is 22.2. The predicted molar refractivity (Wildman–Crippen MR) is 130 cm³/mol. The summed E-state index contributed by atoms with van der Waals surface area (Å²) in [6.45, 7) is 7.68. The summed E-state index contributed by atoms with van der Waals surface area (Å²) in [7, 11) is 1.65. The first kappa shape index (κ1) is 22.7. The molecule has 0 saturated heterocycles. The molecule has 1 aliphatic rings. The molecule has 0 aliphatic carbocycles. The number of allylic oxidation sites excluding steroid dienone is 4. The van der Waals surface area contributed by atoms with Gasteiger partial charge >= 0.3 is 0 Å². The van der Waals surface area contributed by atoms with Crippen molar-refractivity contribution in [2.45, 2.75) is 13.3 Å². The molecule has 0 fully saturated rings.